The first-order chi connectivity index (χ1) is 9.81. The number of carbonyl (C=O) groups excluding carboxylic acids is 1. The summed E-state index contributed by atoms with van der Waals surface area (Å²) in [7, 11) is 1.42. The highest BCUT2D eigenvalue weighted by Gasteiger charge is 2.42. The van der Waals surface area contributed by atoms with Crippen LogP contribution in [-0.2, 0) is 6.18 Å². The van der Waals surface area contributed by atoms with Gasteiger partial charge >= 0.3 is 6.18 Å². The number of hydrogen-bond acceptors (Lipinski definition) is 3. The van der Waals surface area contributed by atoms with E-state index in [4.69, 9.17) is 0 Å². The van der Waals surface area contributed by atoms with Crippen molar-refractivity contribution in [3.05, 3.63) is 29.3 Å². The van der Waals surface area contributed by atoms with Crippen molar-refractivity contribution < 1.29 is 18.0 Å². The van der Waals surface area contributed by atoms with E-state index in [0.717, 1.165) is 18.9 Å². The zero-order valence-electron chi connectivity index (χ0n) is 11.8. The molecule has 1 fully saturated rings. The first-order valence-electron chi connectivity index (χ1n) is 6.54. The maximum absolute atomic E-state index is 12.9. The molecular weight excluding hydrogens is 301 g/mol. The molecule has 0 aromatic heterocycles. The van der Waals surface area contributed by atoms with E-state index in [-0.39, 0.29) is 16.0 Å². The van der Waals surface area contributed by atoms with Gasteiger partial charge in [0, 0.05) is 29.6 Å². The van der Waals surface area contributed by atoms with Crippen LogP contribution < -0.4 is 10.6 Å². The summed E-state index contributed by atoms with van der Waals surface area (Å²) < 4.78 is 38.9. The predicted molar refractivity (Wildman–Crippen MR) is 78.8 cm³/mol. The van der Waals surface area contributed by atoms with E-state index < -0.39 is 17.6 Å². The third-order valence-electron chi connectivity index (χ3n) is 3.67. The Hall–Kier alpha value is -1.37. The van der Waals surface area contributed by atoms with Crippen molar-refractivity contribution in [3.8, 4) is 0 Å². The molecule has 2 rings (SSSR count). The number of hydrogen-bond donors (Lipinski definition) is 2. The third kappa shape index (κ3) is 3.64. The molecule has 1 saturated carbocycles. The molecular formula is C14H17F3N2OS. The third-order valence-corrected chi connectivity index (χ3v) is 5.09. The molecule has 21 heavy (non-hydrogen) atoms. The highest BCUT2D eigenvalue weighted by Crippen LogP contribution is 2.46. The number of carbonyl (C=O) groups is 1. The first-order valence-corrected chi connectivity index (χ1v) is 7.76. The van der Waals surface area contributed by atoms with Crippen LogP contribution in [0, 0.1) is 0 Å². The molecule has 0 heterocycles. The SMILES string of the molecule is CNc1ccc(C(=O)NCC2(SC)CC2)cc1C(F)(F)F. The van der Waals surface area contributed by atoms with Crippen molar-refractivity contribution in [2.24, 2.45) is 0 Å². The van der Waals surface area contributed by atoms with Crippen molar-refractivity contribution in [1.82, 2.24) is 5.32 Å². The Morgan fingerprint density at radius 2 is 2.05 bits per heavy atom. The van der Waals surface area contributed by atoms with Crippen LogP contribution in [0.2, 0.25) is 0 Å². The van der Waals surface area contributed by atoms with Gasteiger partial charge in [0.1, 0.15) is 0 Å². The summed E-state index contributed by atoms with van der Waals surface area (Å²) in [6.07, 6.45) is -0.462. The molecule has 0 unspecified atom stereocenters. The second-order valence-electron chi connectivity index (χ2n) is 5.08. The molecule has 2 N–H and O–H groups in total. The van der Waals surface area contributed by atoms with Crippen LogP contribution in [0.15, 0.2) is 18.2 Å². The summed E-state index contributed by atoms with van der Waals surface area (Å²) in [6.45, 7) is 0.488. The zero-order valence-corrected chi connectivity index (χ0v) is 12.6. The monoisotopic (exact) mass is 318 g/mol. The Labute approximate surface area is 125 Å². The maximum Gasteiger partial charge on any atom is 0.418 e. The lowest BCUT2D eigenvalue weighted by Crippen LogP contribution is -2.31. The standard InChI is InChI=1S/C14H17F3N2OS/c1-18-11-4-3-9(7-10(11)14(15,16)17)12(20)19-8-13(21-2)5-6-13/h3-4,7,18H,5-6,8H2,1-2H3,(H,19,20). The van der Waals surface area contributed by atoms with E-state index in [1.165, 1.54) is 19.2 Å². The molecule has 1 aromatic rings. The normalized spacial score (nSPS) is 16.4. The number of amides is 1. The largest absolute Gasteiger partial charge is 0.418 e. The zero-order chi connectivity index (χ0) is 15.7. The highest BCUT2D eigenvalue weighted by molar-refractivity contribution is 8.00. The van der Waals surface area contributed by atoms with Crippen molar-refractivity contribution in [1.29, 1.82) is 0 Å². The molecule has 0 radical (unpaired) electrons. The van der Waals surface area contributed by atoms with Crippen molar-refractivity contribution >= 4 is 23.4 Å². The van der Waals surface area contributed by atoms with Crippen molar-refractivity contribution in [3.63, 3.8) is 0 Å². The van der Waals surface area contributed by atoms with Crippen LogP contribution >= 0.6 is 11.8 Å². The van der Waals surface area contributed by atoms with Gasteiger partial charge in [0.05, 0.1) is 5.56 Å². The van der Waals surface area contributed by atoms with E-state index in [9.17, 15) is 18.0 Å². The van der Waals surface area contributed by atoms with E-state index in [0.29, 0.717) is 6.54 Å². The lowest BCUT2D eigenvalue weighted by molar-refractivity contribution is -0.136. The molecule has 0 aliphatic heterocycles. The van der Waals surface area contributed by atoms with E-state index in [1.54, 1.807) is 11.8 Å². The van der Waals surface area contributed by atoms with E-state index in [2.05, 4.69) is 10.6 Å². The summed E-state index contributed by atoms with van der Waals surface area (Å²) in [6, 6.07) is 3.56. The number of nitrogens with one attached hydrogen (secondary N) is 2. The summed E-state index contributed by atoms with van der Waals surface area (Å²) in [5.74, 6) is -0.469. The Balaban J connectivity index is 2.14. The number of halogens is 3. The summed E-state index contributed by atoms with van der Waals surface area (Å²) >= 11 is 1.68. The summed E-state index contributed by atoms with van der Waals surface area (Å²) in [4.78, 5) is 12.0. The van der Waals surface area contributed by atoms with Crippen LogP contribution in [0.4, 0.5) is 18.9 Å². The van der Waals surface area contributed by atoms with Crippen molar-refractivity contribution in [2.75, 3.05) is 25.2 Å². The lowest BCUT2D eigenvalue weighted by Gasteiger charge is -2.16. The van der Waals surface area contributed by atoms with Gasteiger partial charge in [0.2, 0.25) is 0 Å². The Kier molecular flexibility index (Phi) is 4.41. The van der Waals surface area contributed by atoms with Gasteiger partial charge in [-0.25, -0.2) is 0 Å². The number of anilines is 1. The molecule has 7 heteroatoms. The highest BCUT2D eigenvalue weighted by atomic mass is 32.2. The van der Waals surface area contributed by atoms with E-state index in [1.807, 2.05) is 6.26 Å². The Bertz CT molecular complexity index is 542. The van der Waals surface area contributed by atoms with Gasteiger partial charge in [0.25, 0.3) is 5.91 Å². The van der Waals surface area contributed by atoms with E-state index >= 15 is 0 Å². The van der Waals surface area contributed by atoms with Crippen LogP contribution in [0.25, 0.3) is 0 Å². The van der Waals surface area contributed by atoms with Gasteiger partial charge in [-0.2, -0.15) is 24.9 Å². The Morgan fingerprint density at radius 3 is 2.52 bits per heavy atom. The van der Waals surface area contributed by atoms with Crippen LogP contribution in [0.1, 0.15) is 28.8 Å². The molecule has 1 aliphatic rings. The molecule has 0 atom stereocenters. The number of thioether (sulfide) groups is 1. The Morgan fingerprint density at radius 1 is 1.38 bits per heavy atom. The molecule has 0 bridgehead atoms. The minimum absolute atomic E-state index is 0.0261. The fourth-order valence-corrected chi connectivity index (χ4v) is 2.80. The fraction of sp³-hybridized carbons (Fsp3) is 0.500. The van der Waals surface area contributed by atoms with Gasteiger partial charge in [-0.1, -0.05) is 0 Å². The number of benzene rings is 1. The van der Waals surface area contributed by atoms with Crippen LogP contribution in [-0.4, -0.2) is 30.5 Å². The number of rotatable bonds is 5. The topological polar surface area (TPSA) is 41.1 Å². The molecule has 1 aromatic carbocycles. The van der Waals surface area contributed by atoms with Crippen LogP contribution in [0.5, 0.6) is 0 Å². The second kappa shape index (κ2) is 5.79. The van der Waals surface area contributed by atoms with Gasteiger partial charge in [-0.3, -0.25) is 4.79 Å². The van der Waals surface area contributed by atoms with Gasteiger partial charge in [-0.15, -0.1) is 0 Å². The van der Waals surface area contributed by atoms with Gasteiger partial charge in [0.15, 0.2) is 0 Å². The number of alkyl halides is 3. The fourth-order valence-electron chi connectivity index (χ4n) is 2.07. The second-order valence-corrected chi connectivity index (χ2v) is 6.35. The molecule has 1 amide bonds. The lowest BCUT2D eigenvalue weighted by atomic mass is 10.1. The molecule has 3 nitrogen and oxygen atoms in total. The minimum atomic E-state index is -4.49. The van der Waals surface area contributed by atoms with Gasteiger partial charge < -0.3 is 10.6 Å². The average molecular weight is 318 g/mol. The summed E-state index contributed by atoms with van der Waals surface area (Å²) in [5, 5.41) is 5.21. The molecule has 116 valence electrons. The van der Waals surface area contributed by atoms with Crippen LogP contribution in [0.3, 0.4) is 0 Å². The maximum atomic E-state index is 12.9. The summed E-state index contributed by atoms with van der Waals surface area (Å²) in [5.41, 5.74) is -0.844. The van der Waals surface area contributed by atoms with Crippen molar-refractivity contribution in [2.45, 2.75) is 23.8 Å². The smallest absolute Gasteiger partial charge is 0.388 e. The quantitative estimate of drug-likeness (QED) is 0.874. The average Bonchev–Trinajstić information content (AvgIpc) is 3.24. The van der Waals surface area contributed by atoms with Gasteiger partial charge in [-0.05, 0) is 37.3 Å². The minimum Gasteiger partial charge on any atom is -0.388 e. The molecule has 0 saturated heterocycles. The molecule has 0 spiro atoms. The first kappa shape index (κ1) is 16.0. The molecule has 1 aliphatic carbocycles. The predicted octanol–water partition coefficient (Wildman–Crippen LogP) is 3.37.